The Balaban J connectivity index is 1.57. The summed E-state index contributed by atoms with van der Waals surface area (Å²) in [4.78, 5) is 16.7. The SMILES string of the molecule is Cc1nc(COc2ccc(C(=O)N[C@@H](C)c3ccc(F)cc3)cc2)cs1. The van der Waals surface area contributed by atoms with Gasteiger partial charge < -0.3 is 10.1 Å². The summed E-state index contributed by atoms with van der Waals surface area (Å²) in [6.07, 6.45) is 0. The van der Waals surface area contributed by atoms with Crippen molar-refractivity contribution in [2.24, 2.45) is 0 Å². The second-order valence-corrected chi connectivity index (χ2v) is 6.98. The number of benzene rings is 2. The Hall–Kier alpha value is -2.73. The smallest absolute Gasteiger partial charge is 0.251 e. The van der Waals surface area contributed by atoms with Gasteiger partial charge in [-0.2, -0.15) is 0 Å². The van der Waals surface area contributed by atoms with Crippen LogP contribution in [-0.4, -0.2) is 10.9 Å². The van der Waals surface area contributed by atoms with Gasteiger partial charge in [-0.15, -0.1) is 11.3 Å². The zero-order valence-corrected chi connectivity index (χ0v) is 15.3. The number of nitrogens with zero attached hydrogens (tertiary/aromatic N) is 1. The summed E-state index contributed by atoms with van der Waals surface area (Å²) in [5.41, 5.74) is 2.27. The first-order valence-electron chi connectivity index (χ1n) is 8.21. The molecule has 1 atom stereocenters. The molecule has 1 aromatic heterocycles. The van der Waals surface area contributed by atoms with E-state index in [0.717, 1.165) is 16.3 Å². The van der Waals surface area contributed by atoms with Crippen LogP contribution < -0.4 is 10.1 Å². The van der Waals surface area contributed by atoms with Gasteiger partial charge in [0.25, 0.3) is 5.91 Å². The maximum atomic E-state index is 13.0. The van der Waals surface area contributed by atoms with Gasteiger partial charge in [-0.25, -0.2) is 9.37 Å². The maximum absolute atomic E-state index is 13.0. The van der Waals surface area contributed by atoms with E-state index in [2.05, 4.69) is 10.3 Å². The van der Waals surface area contributed by atoms with Crippen molar-refractivity contribution in [1.29, 1.82) is 0 Å². The van der Waals surface area contributed by atoms with Crippen LogP contribution in [0.15, 0.2) is 53.9 Å². The molecule has 0 spiro atoms. The van der Waals surface area contributed by atoms with Gasteiger partial charge in [-0.05, 0) is 55.8 Å². The van der Waals surface area contributed by atoms with E-state index in [4.69, 9.17) is 4.74 Å². The summed E-state index contributed by atoms with van der Waals surface area (Å²) in [6.45, 7) is 4.21. The minimum Gasteiger partial charge on any atom is -0.487 e. The van der Waals surface area contributed by atoms with Crippen molar-refractivity contribution in [1.82, 2.24) is 10.3 Å². The zero-order valence-electron chi connectivity index (χ0n) is 14.5. The lowest BCUT2D eigenvalue weighted by molar-refractivity contribution is 0.0940. The Morgan fingerprint density at radius 1 is 1.19 bits per heavy atom. The van der Waals surface area contributed by atoms with Crippen LogP contribution in [0.4, 0.5) is 4.39 Å². The van der Waals surface area contributed by atoms with E-state index >= 15 is 0 Å². The van der Waals surface area contributed by atoms with Crippen molar-refractivity contribution >= 4 is 17.2 Å². The lowest BCUT2D eigenvalue weighted by Gasteiger charge is -2.14. The van der Waals surface area contributed by atoms with Crippen molar-refractivity contribution < 1.29 is 13.9 Å². The quantitative estimate of drug-likeness (QED) is 0.686. The molecule has 0 radical (unpaired) electrons. The van der Waals surface area contributed by atoms with Gasteiger partial charge in [0.1, 0.15) is 18.2 Å². The molecule has 0 saturated heterocycles. The van der Waals surface area contributed by atoms with Crippen LogP contribution in [0.25, 0.3) is 0 Å². The first kappa shape index (κ1) is 18.1. The molecule has 0 aliphatic carbocycles. The first-order chi connectivity index (χ1) is 12.5. The number of hydrogen-bond donors (Lipinski definition) is 1. The van der Waals surface area contributed by atoms with Gasteiger partial charge in [-0.1, -0.05) is 12.1 Å². The topological polar surface area (TPSA) is 51.2 Å². The molecule has 1 N–H and O–H groups in total. The number of nitrogens with one attached hydrogen (secondary N) is 1. The molecule has 0 saturated carbocycles. The molecule has 0 aliphatic heterocycles. The lowest BCUT2D eigenvalue weighted by Crippen LogP contribution is -2.26. The second kappa shape index (κ2) is 8.10. The minimum absolute atomic E-state index is 0.191. The Bertz CT molecular complexity index is 876. The number of ether oxygens (including phenoxy) is 1. The monoisotopic (exact) mass is 370 g/mol. The van der Waals surface area contributed by atoms with E-state index in [1.165, 1.54) is 12.1 Å². The van der Waals surface area contributed by atoms with Crippen molar-refractivity contribution in [2.45, 2.75) is 26.5 Å². The van der Waals surface area contributed by atoms with Gasteiger partial charge in [-0.3, -0.25) is 4.79 Å². The lowest BCUT2D eigenvalue weighted by atomic mass is 10.1. The van der Waals surface area contributed by atoms with Gasteiger partial charge >= 0.3 is 0 Å². The molecule has 2 aromatic carbocycles. The Labute approximate surface area is 155 Å². The fraction of sp³-hybridized carbons (Fsp3) is 0.200. The molecule has 1 amide bonds. The Morgan fingerprint density at radius 2 is 1.88 bits per heavy atom. The Morgan fingerprint density at radius 3 is 2.50 bits per heavy atom. The highest BCUT2D eigenvalue weighted by molar-refractivity contribution is 7.09. The van der Waals surface area contributed by atoms with E-state index in [-0.39, 0.29) is 17.8 Å². The molecule has 26 heavy (non-hydrogen) atoms. The van der Waals surface area contributed by atoms with Crippen molar-refractivity contribution in [2.75, 3.05) is 0 Å². The fourth-order valence-corrected chi connectivity index (χ4v) is 3.05. The predicted octanol–water partition coefficient (Wildman–Crippen LogP) is 4.66. The highest BCUT2D eigenvalue weighted by Gasteiger charge is 2.12. The molecule has 6 heteroatoms. The largest absolute Gasteiger partial charge is 0.487 e. The standard InChI is InChI=1S/C20H19FN2O2S/c1-13(15-3-7-17(21)8-4-15)22-20(24)16-5-9-19(10-6-16)25-11-18-12-26-14(2)23-18/h3-10,12-13H,11H2,1-2H3,(H,22,24)/t13-/m0/s1. The van der Waals surface area contributed by atoms with Crippen LogP contribution in [0.1, 0.15) is 39.6 Å². The van der Waals surface area contributed by atoms with Gasteiger partial charge in [0.05, 0.1) is 16.7 Å². The number of carbonyl (C=O) groups excluding carboxylic acids is 1. The number of aromatic nitrogens is 1. The highest BCUT2D eigenvalue weighted by atomic mass is 32.1. The number of amides is 1. The zero-order chi connectivity index (χ0) is 18.5. The summed E-state index contributed by atoms with van der Waals surface area (Å²) in [5.74, 6) is 0.193. The van der Waals surface area contributed by atoms with E-state index in [1.807, 2.05) is 19.2 Å². The van der Waals surface area contributed by atoms with E-state index in [9.17, 15) is 9.18 Å². The molecule has 0 bridgehead atoms. The number of thiazole rings is 1. The third-order valence-electron chi connectivity index (χ3n) is 3.89. The summed E-state index contributed by atoms with van der Waals surface area (Å²) in [5, 5.41) is 5.87. The van der Waals surface area contributed by atoms with Crippen molar-refractivity contribution in [3.05, 3.63) is 81.6 Å². The number of halogens is 1. The van der Waals surface area contributed by atoms with Crippen LogP contribution >= 0.6 is 11.3 Å². The molecule has 0 fully saturated rings. The summed E-state index contributed by atoms with van der Waals surface area (Å²) in [6, 6.07) is 12.8. The molecular formula is C20H19FN2O2S. The third kappa shape index (κ3) is 4.67. The van der Waals surface area contributed by atoms with Gasteiger partial charge in [0.15, 0.2) is 0 Å². The second-order valence-electron chi connectivity index (χ2n) is 5.92. The van der Waals surface area contributed by atoms with Gasteiger partial charge in [0, 0.05) is 10.9 Å². The molecule has 0 unspecified atom stereocenters. The third-order valence-corrected chi connectivity index (χ3v) is 4.71. The number of carbonyl (C=O) groups is 1. The average molecular weight is 370 g/mol. The maximum Gasteiger partial charge on any atom is 0.251 e. The molecule has 4 nitrogen and oxygen atoms in total. The van der Waals surface area contributed by atoms with Crippen LogP contribution in [-0.2, 0) is 6.61 Å². The minimum atomic E-state index is -0.296. The predicted molar refractivity (Wildman–Crippen MR) is 99.9 cm³/mol. The van der Waals surface area contributed by atoms with Crippen LogP contribution in [0.2, 0.25) is 0 Å². The molecule has 3 aromatic rings. The number of rotatable bonds is 6. The summed E-state index contributed by atoms with van der Waals surface area (Å²) in [7, 11) is 0. The van der Waals surface area contributed by atoms with E-state index in [1.54, 1.807) is 47.7 Å². The molecule has 0 aliphatic rings. The first-order valence-corrected chi connectivity index (χ1v) is 9.09. The summed E-state index contributed by atoms with van der Waals surface area (Å²) >= 11 is 1.59. The highest BCUT2D eigenvalue weighted by Crippen LogP contribution is 2.17. The van der Waals surface area contributed by atoms with Crippen LogP contribution in [0.3, 0.4) is 0 Å². The molecule has 1 heterocycles. The van der Waals surface area contributed by atoms with Gasteiger partial charge in [0.2, 0.25) is 0 Å². The van der Waals surface area contributed by atoms with Crippen LogP contribution in [0, 0.1) is 12.7 Å². The Kier molecular flexibility index (Phi) is 5.63. The van der Waals surface area contributed by atoms with Crippen LogP contribution in [0.5, 0.6) is 5.75 Å². The van der Waals surface area contributed by atoms with E-state index < -0.39 is 0 Å². The average Bonchev–Trinajstić information content (AvgIpc) is 3.06. The molecule has 134 valence electrons. The summed E-state index contributed by atoms with van der Waals surface area (Å²) < 4.78 is 18.7. The van der Waals surface area contributed by atoms with E-state index in [0.29, 0.717) is 17.9 Å². The number of aryl methyl sites for hydroxylation is 1. The molecule has 3 rings (SSSR count). The number of hydrogen-bond acceptors (Lipinski definition) is 4. The molecular weight excluding hydrogens is 351 g/mol. The van der Waals surface area contributed by atoms with Crippen molar-refractivity contribution in [3.63, 3.8) is 0 Å². The van der Waals surface area contributed by atoms with Crippen molar-refractivity contribution in [3.8, 4) is 5.75 Å². The fourth-order valence-electron chi connectivity index (χ4n) is 2.45. The normalized spacial score (nSPS) is 11.8.